The van der Waals surface area contributed by atoms with Crippen LogP contribution in [0.5, 0.6) is 0 Å². The summed E-state index contributed by atoms with van der Waals surface area (Å²) in [5, 5.41) is 2.13. The topological polar surface area (TPSA) is 96.0 Å². The molecule has 0 aromatic heterocycles. The first-order valence-corrected chi connectivity index (χ1v) is 12.9. The smallest absolute Gasteiger partial charge is 0.245 e. The minimum Gasteiger partial charge on any atom is -0.380 e. The van der Waals surface area contributed by atoms with Crippen molar-refractivity contribution in [2.45, 2.75) is 49.3 Å². The number of amides is 2. The molecule has 2 saturated heterocycles. The summed E-state index contributed by atoms with van der Waals surface area (Å²) in [6.45, 7) is 3.15. The van der Waals surface area contributed by atoms with Crippen LogP contribution in [-0.4, -0.2) is 75.0 Å². The summed E-state index contributed by atoms with van der Waals surface area (Å²) in [4.78, 5) is 29.3. The number of ether oxygens (including phenoxy) is 1. The number of fused-ring (bicyclic) bond motifs is 1. The normalized spacial score (nSPS) is 22.7. The number of piperidine rings is 1. The van der Waals surface area contributed by atoms with E-state index in [1.165, 1.54) is 11.0 Å². The molecule has 2 fully saturated rings. The second-order valence-corrected chi connectivity index (χ2v) is 10.8. The lowest BCUT2D eigenvalue weighted by molar-refractivity contribution is -0.145. The first-order chi connectivity index (χ1) is 15.7. The van der Waals surface area contributed by atoms with Crippen molar-refractivity contribution in [3.63, 3.8) is 0 Å². The van der Waals surface area contributed by atoms with E-state index in [1.54, 1.807) is 49.3 Å². The van der Waals surface area contributed by atoms with E-state index >= 15 is 0 Å². The summed E-state index contributed by atoms with van der Waals surface area (Å²) in [6.07, 6.45) is 2.06. The fourth-order valence-electron chi connectivity index (χ4n) is 4.54. The lowest BCUT2D eigenvalue weighted by Crippen LogP contribution is -2.53. The second-order valence-electron chi connectivity index (χ2n) is 8.61. The van der Waals surface area contributed by atoms with Crippen LogP contribution in [0.15, 0.2) is 41.3 Å². The van der Waals surface area contributed by atoms with E-state index in [0.717, 1.165) is 23.6 Å². The van der Waals surface area contributed by atoms with Crippen molar-refractivity contribution in [2.24, 2.45) is 0 Å². The summed E-state index contributed by atoms with van der Waals surface area (Å²) in [7, 11) is -2.29. The SMILES string of the molecule is COC1CCCN(C(=O)C(C)N2CC[C@H](NS(=O)(=O)c3ccc4cc(Cl)ccc4c3)C2=O)C1. The van der Waals surface area contributed by atoms with Gasteiger partial charge in [0.25, 0.3) is 0 Å². The Morgan fingerprint density at radius 1 is 1.15 bits per heavy atom. The number of likely N-dealkylation sites (tertiary alicyclic amines) is 2. The van der Waals surface area contributed by atoms with Gasteiger partial charge < -0.3 is 14.5 Å². The minimum atomic E-state index is -3.92. The van der Waals surface area contributed by atoms with Gasteiger partial charge in [-0.05, 0) is 61.2 Å². The Morgan fingerprint density at radius 3 is 2.64 bits per heavy atom. The van der Waals surface area contributed by atoms with Gasteiger partial charge in [0, 0.05) is 31.8 Å². The highest BCUT2D eigenvalue weighted by atomic mass is 35.5. The first kappa shape index (κ1) is 23.9. The van der Waals surface area contributed by atoms with Gasteiger partial charge in [-0.15, -0.1) is 0 Å². The highest BCUT2D eigenvalue weighted by molar-refractivity contribution is 7.89. The van der Waals surface area contributed by atoms with Crippen LogP contribution >= 0.6 is 11.6 Å². The second kappa shape index (κ2) is 9.58. The molecule has 10 heteroatoms. The summed E-state index contributed by atoms with van der Waals surface area (Å²) < 4.78 is 33.9. The molecule has 2 aromatic rings. The molecule has 2 aliphatic heterocycles. The number of carbonyl (C=O) groups is 2. The Hall–Kier alpha value is -2.20. The van der Waals surface area contributed by atoms with Gasteiger partial charge in [0.15, 0.2) is 0 Å². The van der Waals surface area contributed by atoms with Gasteiger partial charge >= 0.3 is 0 Å². The van der Waals surface area contributed by atoms with E-state index in [2.05, 4.69) is 4.72 Å². The molecule has 8 nitrogen and oxygen atoms in total. The highest BCUT2D eigenvalue weighted by Crippen LogP contribution is 2.24. The zero-order valence-corrected chi connectivity index (χ0v) is 20.2. The third-order valence-electron chi connectivity index (χ3n) is 6.47. The van der Waals surface area contributed by atoms with Crippen LogP contribution in [0.3, 0.4) is 0 Å². The van der Waals surface area contributed by atoms with Crippen molar-refractivity contribution < 1.29 is 22.7 Å². The van der Waals surface area contributed by atoms with Crippen molar-refractivity contribution in [2.75, 3.05) is 26.7 Å². The number of methoxy groups -OCH3 is 1. The fraction of sp³-hybridized carbons (Fsp3) is 0.478. The number of sulfonamides is 1. The number of benzene rings is 2. The van der Waals surface area contributed by atoms with Crippen LogP contribution in [0.25, 0.3) is 10.8 Å². The van der Waals surface area contributed by atoms with E-state index in [4.69, 9.17) is 16.3 Å². The molecule has 4 rings (SSSR count). The van der Waals surface area contributed by atoms with Crippen molar-refractivity contribution >= 4 is 44.2 Å². The van der Waals surface area contributed by atoms with Crippen molar-refractivity contribution in [3.05, 3.63) is 41.4 Å². The molecule has 0 bridgehead atoms. The van der Waals surface area contributed by atoms with Crippen molar-refractivity contribution in [1.29, 1.82) is 0 Å². The van der Waals surface area contributed by atoms with E-state index in [1.807, 2.05) is 0 Å². The van der Waals surface area contributed by atoms with Crippen molar-refractivity contribution in [1.82, 2.24) is 14.5 Å². The van der Waals surface area contributed by atoms with Gasteiger partial charge in [-0.2, -0.15) is 4.72 Å². The fourth-order valence-corrected chi connectivity index (χ4v) is 5.98. The molecule has 2 aliphatic rings. The Labute approximate surface area is 198 Å². The Bertz CT molecular complexity index is 1170. The maximum atomic E-state index is 13.0. The summed E-state index contributed by atoms with van der Waals surface area (Å²) in [5.41, 5.74) is 0. The lowest BCUT2D eigenvalue weighted by atomic mass is 10.1. The maximum absolute atomic E-state index is 13.0. The molecular formula is C23H28ClN3O5S. The lowest BCUT2D eigenvalue weighted by Gasteiger charge is -2.35. The molecule has 2 unspecified atom stereocenters. The van der Waals surface area contributed by atoms with Crippen LogP contribution < -0.4 is 4.72 Å². The summed E-state index contributed by atoms with van der Waals surface area (Å²) in [6, 6.07) is 8.38. The quantitative estimate of drug-likeness (QED) is 0.666. The number of halogens is 1. The number of nitrogens with one attached hydrogen (secondary N) is 1. The number of nitrogens with zero attached hydrogens (tertiary/aromatic N) is 2. The summed E-state index contributed by atoms with van der Waals surface area (Å²) in [5.74, 6) is -0.519. The van der Waals surface area contributed by atoms with Gasteiger partial charge in [-0.3, -0.25) is 9.59 Å². The first-order valence-electron chi connectivity index (χ1n) is 11.0. The number of rotatable bonds is 6. The van der Waals surface area contributed by atoms with Gasteiger partial charge in [0.1, 0.15) is 12.1 Å². The largest absolute Gasteiger partial charge is 0.380 e. The Balaban J connectivity index is 1.44. The van der Waals surface area contributed by atoms with Gasteiger partial charge in [-0.1, -0.05) is 23.7 Å². The molecule has 0 aliphatic carbocycles. The number of carbonyl (C=O) groups excluding carboxylic acids is 2. The molecule has 2 heterocycles. The predicted octanol–water partition coefficient (Wildman–Crippen LogP) is 2.40. The number of hydrogen-bond donors (Lipinski definition) is 1. The molecule has 0 radical (unpaired) electrons. The molecule has 1 N–H and O–H groups in total. The monoisotopic (exact) mass is 493 g/mol. The molecule has 178 valence electrons. The average Bonchev–Trinajstić information content (AvgIpc) is 3.16. The molecular weight excluding hydrogens is 466 g/mol. The summed E-state index contributed by atoms with van der Waals surface area (Å²) >= 11 is 6.00. The molecule has 2 amide bonds. The molecule has 3 atom stereocenters. The molecule has 33 heavy (non-hydrogen) atoms. The van der Waals surface area contributed by atoms with Crippen LogP contribution in [0.2, 0.25) is 5.02 Å². The molecule has 2 aromatic carbocycles. The molecule has 0 saturated carbocycles. The Kier molecular flexibility index (Phi) is 6.95. The minimum absolute atomic E-state index is 0.00159. The van der Waals surface area contributed by atoms with Crippen LogP contribution in [0.1, 0.15) is 26.2 Å². The predicted molar refractivity (Wildman–Crippen MR) is 125 cm³/mol. The van der Waals surface area contributed by atoms with Crippen LogP contribution in [0.4, 0.5) is 0 Å². The average molecular weight is 494 g/mol. The zero-order chi connectivity index (χ0) is 23.8. The van der Waals surface area contributed by atoms with Crippen LogP contribution in [-0.2, 0) is 24.3 Å². The van der Waals surface area contributed by atoms with Crippen LogP contribution in [0, 0.1) is 0 Å². The zero-order valence-electron chi connectivity index (χ0n) is 18.7. The highest BCUT2D eigenvalue weighted by Gasteiger charge is 2.40. The third kappa shape index (κ3) is 5.01. The van der Waals surface area contributed by atoms with E-state index in [9.17, 15) is 18.0 Å². The maximum Gasteiger partial charge on any atom is 0.245 e. The van der Waals surface area contributed by atoms with E-state index in [-0.39, 0.29) is 22.8 Å². The van der Waals surface area contributed by atoms with Crippen molar-refractivity contribution in [3.8, 4) is 0 Å². The standard InChI is InChI=1S/C23H28ClN3O5S/c1-15(22(28)26-10-3-4-19(14-26)32-2)27-11-9-21(23(27)29)25-33(30,31)20-8-6-16-12-18(24)7-5-17(16)13-20/h5-8,12-13,15,19,21,25H,3-4,9-11,14H2,1-2H3/t15?,19?,21-/m0/s1. The third-order valence-corrected chi connectivity index (χ3v) is 8.17. The Morgan fingerprint density at radius 2 is 1.88 bits per heavy atom. The van der Waals surface area contributed by atoms with E-state index < -0.39 is 22.1 Å². The van der Waals surface area contributed by atoms with E-state index in [0.29, 0.717) is 31.1 Å². The molecule has 0 spiro atoms. The van der Waals surface area contributed by atoms with Gasteiger partial charge in [0.05, 0.1) is 11.0 Å². The van der Waals surface area contributed by atoms with Gasteiger partial charge in [0.2, 0.25) is 21.8 Å². The number of hydrogen-bond acceptors (Lipinski definition) is 5. The van der Waals surface area contributed by atoms with Gasteiger partial charge in [-0.25, -0.2) is 8.42 Å².